The van der Waals surface area contributed by atoms with Crippen LogP contribution in [0, 0.1) is 0 Å². The molecule has 10 heteroatoms. The first kappa shape index (κ1) is 17.3. The van der Waals surface area contributed by atoms with Gasteiger partial charge in [-0.05, 0) is 5.56 Å². The minimum absolute atomic E-state index is 0.0325. The van der Waals surface area contributed by atoms with Crippen LogP contribution >= 0.6 is 0 Å². The predicted molar refractivity (Wildman–Crippen MR) is 91.9 cm³/mol. The normalized spacial score (nSPS) is 25.0. The van der Waals surface area contributed by atoms with Crippen LogP contribution in [0.1, 0.15) is 11.8 Å². The lowest BCUT2D eigenvalue weighted by molar-refractivity contribution is -0.163. The molecule has 2 aromatic heterocycles. The molecular weight excluding hydrogens is 354 g/mol. The number of imidazole rings is 1. The molecule has 1 aliphatic heterocycles. The van der Waals surface area contributed by atoms with Gasteiger partial charge in [0, 0.05) is 0 Å². The first-order chi connectivity index (χ1) is 13.1. The molecule has 1 aliphatic rings. The molecule has 10 nitrogen and oxygen atoms in total. The van der Waals surface area contributed by atoms with Gasteiger partial charge in [0.05, 0.1) is 6.33 Å². The van der Waals surface area contributed by atoms with Crippen LogP contribution in [-0.4, -0.2) is 54.0 Å². The van der Waals surface area contributed by atoms with Crippen molar-refractivity contribution in [2.75, 3.05) is 5.73 Å². The fraction of sp³-hybridized carbons (Fsp3) is 0.294. The summed E-state index contributed by atoms with van der Waals surface area (Å²) >= 11 is 0. The highest BCUT2D eigenvalue weighted by Crippen LogP contribution is 2.32. The molecule has 1 fully saturated rings. The van der Waals surface area contributed by atoms with E-state index in [1.54, 1.807) is 12.1 Å². The van der Waals surface area contributed by atoms with Gasteiger partial charge in [-0.15, -0.1) is 0 Å². The van der Waals surface area contributed by atoms with E-state index in [1.165, 1.54) is 17.2 Å². The van der Waals surface area contributed by atoms with Gasteiger partial charge in [-0.1, -0.05) is 30.3 Å². The Kier molecular flexibility index (Phi) is 4.44. The van der Waals surface area contributed by atoms with Crippen molar-refractivity contribution in [3.63, 3.8) is 0 Å². The highest BCUT2D eigenvalue weighted by Gasteiger charge is 2.48. The van der Waals surface area contributed by atoms with Crippen LogP contribution in [0.4, 0.5) is 5.82 Å². The number of carbonyl (C=O) groups excluding carboxylic acids is 1. The molecule has 0 aliphatic carbocycles. The van der Waals surface area contributed by atoms with E-state index in [4.69, 9.17) is 15.2 Å². The van der Waals surface area contributed by atoms with E-state index in [0.717, 1.165) is 5.56 Å². The van der Waals surface area contributed by atoms with Crippen LogP contribution in [0.3, 0.4) is 0 Å². The van der Waals surface area contributed by atoms with Crippen LogP contribution in [0.5, 0.6) is 0 Å². The van der Waals surface area contributed by atoms with E-state index >= 15 is 0 Å². The fourth-order valence-corrected chi connectivity index (χ4v) is 2.95. The number of fused-ring (bicyclic) bond motifs is 1. The summed E-state index contributed by atoms with van der Waals surface area (Å²) in [6.07, 6.45) is -2.66. The monoisotopic (exact) mass is 371 g/mol. The van der Waals surface area contributed by atoms with Gasteiger partial charge in [-0.25, -0.2) is 19.7 Å². The van der Waals surface area contributed by atoms with Crippen LogP contribution in [0.2, 0.25) is 0 Å². The number of esters is 1. The number of nitrogens with zero attached hydrogens (tertiary/aromatic N) is 4. The number of ether oxygens (including phenoxy) is 2. The lowest BCUT2D eigenvalue weighted by Gasteiger charge is -2.16. The molecule has 1 saturated heterocycles. The Morgan fingerprint density at radius 2 is 1.96 bits per heavy atom. The van der Waals surface area contributed by atoms with Crippen molar-refractivity contribution in [1.82, 2.24) is 19.5 Å². The molecule has 0 spiro atoms. The zero-order valence-corrected chi connectivity index (χ0v) is 14.0. The lowest BCUT2D eigenvalue weighted by atomic mass is 10.1. The molecule has 27 heavy (non-hydrogen) atoms. The number of aromatic nitrogens is 4. The molecule has 4 rings (SSSR count). The molecule has 1 aromatic carbocycles. The zero-order valence-electron chi connectivity index (χ0n) is 14.0. The van der Waals surface area contributed by atoms with Crippen molar-refractivity contribution in [3.05, 3.63) is 48.5 Å². The van der Waals surface area contributed by atoms with Crippen molar-refractivity contribution < 1.29 is 24.5 Å². The van der Waals surface area contributed by atoms with E-state index in [9.17, 15) is 15.0 Å². The molecule has 0 radical (unpaired) electrons. The second kappa shape index (κ2) is 6.91. The fourth-order valence-electron chi connectivity index (χ4n) is 2.95. The SMILES string of the molecule is Nc1ncnc2c1ncn2[C@@H]1O[C@H](C(=O)OCc2ccccc2)[C@@H](O)[C@H]1O. The van der Waals surface area contributed by atoms with Gasteiger partial charge < -0.3 is 25.4 Å². The average Bonchev–Trinajstić information content (AvgIpc) is 3.23. The Balaban J connectivity index is 1.52. The number of hydrogen-bond acceptors (Lipinski definition) is 9. The Labute approximate surface area is 153 Å². The van der Waals surface area contributed by atoms with Gasteiger partial charge in [0.2, 0.25) is 0 Å². The summed E-state index contributed by atoms with van der Waals surface area (Å²) in [5.41, 5.74) is 7.19. The first-order valence-electron chi connectivity index (χ1n) is 8.21. The van der Waals surface area contributed by atoms with Crippen molar-refractivity contribution in [2.24, 2.45) is 0 Å². The summed E-state index contributed by atoms with van der Waals surface area (Å²) in [6.45, 7) is 0.0325. The molecule has 0 bridgehead atoms. The number of hydrogen-bond donors (Lipinski definition) is 3. The van der Waals surface area contributed by atoms with Gasteiger partial charge >= 0.3 is 5.97 Å². The molecule has 0 saturated carbocycles. The summed E-state index contributed by atoms with van der Waals surface area (Å²) < 4.78 is 12.2. The first-order valence-corrected chi connectivity index (χ1v) is 8.21. The van der Waals surface area contributed by atoms with Crippen LogP contribution in [0.15, 0.2) is 43.0 Å². The number of carbonyl (C=O) groups is 1. The second-order valence-electron chi connectivity index (χ2n) is 6.10. The molecule has 0 amide bonds. The smallest absolute Gasteiger partial charge is 0.338 e. The van der Waals surface area contributed by atoms with Gasteiger partial charge in [-0.2, -0.15) is 0 Å². The number of rotatable bonds is 4. The highest BCUT2D eigenvalue weighted by atomic mass is 16.6. The minimum atomic E-state index is -1.46. The minimum Gasteiger partial charge on any atom is -0.459 e. The molecule has 0 unspecified atom stereocenters. The third-order valence-electron chi connectivity index (χ3n) is 4.36. The topological polar surface area (TPSA) is 146 Å². The van der Waals surface area contributed by atoms with Crippen molar-refractivity contribution in [3.8, 4) is 0 Å². The van der Waals surface area contributed by atoms with Crippen LogP contribution in [-0.2, 0) is 20.9 Å². The van der Waals surface area contributed by atoms with E-state index in [0.29, 0.717) is 11.2 Å². The lowest BCUT2D eigenvalue weighted by Crippen LogP contribution is -2.37. The number of aliphatic hydroxyl groups excluding tert-OH is 2. The molecule has 4 N–H and O–H groups in total. The van der Waals surface area contributed by atoms with Crippen molar-refractivity contribution >= 4 is 23.0 Å². The maximum atomic E-state index is 12.3. The van der Waals surface area contributed by atoms with Crippen LogP contribution in [0.25, 0.3) is 11.2 Å². The standard InChI is InChI=1S/C17H17N5O5/c18-14-10-15(20-7-19-14)22(8-21-10)16-12(24)11(23)13(27-16)17(25)26-6-9-4-2-1-3-5-9/h1-5,7-8,11-13,16,23-24H,6H2,(H2,18,19,20)/t11-,12+,13-,16+/m0/s1. The number of nitrogen functional groups attached to an aromatic ring is 1. The molecule has 3 aromatic rings. The van der Waals surface area contributed by atoms with E-state index in [1.807, 2.05) is 18.2 Å². The summed E-state index contributed by atoms with van der Waals surface area (Å²) in [5.74, 6) is -0.600. The Morgan fingerprint density at radius 3 is 2.74 bits per heavy atom. The largest absolute Gasteiger partial charge is 0.459 e. The summed E-state index contributed by atoms with van der Waals surface area (Å²) in [6, 6.07) is 9.10. The van der Waals surface area contributed by atoms with Crippen molar-refractivity contribution in [2.45, 2.75) is 31.1 Å². The molecular formula is C17H17N5O5. The Bertz CT molecular complexity index is 963. The molecule has 3 heterocycles. The van der Waals surface area contributed by atoms with E-state index in [-0.39, 0.29) is 12.4 Å². The highest BCUT2D eigenvalue weighted by molar-refractivity contribution is 5.81. The second-order valence-corrected chi connectivity index (χ2v) is 6.10. The van der Waals surface area contributed by atoms with E-state index < -0.39 is 30.5 Å². The maximum Gasteiger partial charge on any atom is 0.338 e. The van der Waals surface area contributed by atoms with Gasteiger partial charge in [0.25, 0.3) is 0 Å². The summed E-state index contributed by atoms with van der Waals surface area (Å²) in [4.78, 5) is 24.3. The average molecular weight is 371 g/mol. The van der Waals surface area contributed by atoms with Crippen LogP contribution < -0.4 is 5.73 Å². The Morgan fingerprint density at radius 1 is 1.19 bits per heavy atom. The van der Waals surface area contributed by atoms with Gasteiger partial charge in [-0.3, -0.25) is 4.57 Å². The zero-order chi connectivity index (χ0) is 19.0. The predicted octanol–water partition coefficient (Wildman–Crippen LogP) is -0.229. The number of aliphatic hydroxyl groups is 2. The quantitative estimate of drug-likeness (QED) is 0.529. The van der Waals surface area contributed by atoms with E-state index in [2.05, 4.69) is 15.0 Å². The third-order valence-corrected chi connectivity index (χ3v) is 4.36. The third kappa shape index (κ3) is 3.10. The van der Waals surface area contributed by atoms with Crippen molar-refractivity contribution in [1.29, 1.82) is 0 Å². The van der Waals surface area contributed by atoms with Gasteiger partial charge in [0.1, 0.15) is 30.7 Å². The molecule has 140 valence electrons. The molecule has 4 atom stereocenters. The number of anilines is 1. The summed E-state index contributed by atoms with van der Waals surface area (Å²) in [5, 5.41) is 20.6. The maximum absolute atomic E-state index is 12.3. The summed E-state index contributed by atoms with van der Waals surface area (Å²) in [7, 11) is 0. The van der Waals surface area contributed by atoms with Gasteiger partial charge in [0.15, 0.2) is 23.8 Å². The Hall–Kier alpha value is -3.08. The number of benzene rings is 1. The number of nitrogens with two attached hydrogens (primary N) is 1.